The van der Waals surface area contributed by atoms with E-state index in [2.05, 4.69) is 91.2 Å². The Morgan fingerprint density at radius 2 is 1.53 bits per heavy atom. The van der Waals surface area contributed by atoms with Crippen molar-refractivity contribution in [2.75, 3.05) is 49.8 Å². The van der Waals surface area contributed by atoms with Gasteiger partial charge in [0.25, 0.3) is 0 Å². The minimum atomic E-state index is 0.789. The zero-order valence-corrected chi connectivity index (χ0v) is 19.5. The van der Waals surface area contributed by atoms with Crippen LogP contribution in [0.15, 0.2) is 54.6 Å². The van der Waals surface area contributed by atoms with E-state index >= 15 is 0 Å². The highest BCUT2D eigenvalue weighted by atomic mass is 32.1. The van der Waals surface area contributed by atoms with Crippen LogP contribution < -0.4 is 15.5 Å². The highest BCUT2D eigenvalue weighted by Crippen LogP contribution is 2.31. The minimum Gasteiger partial charge on any atom is -0.399 e. The van der Waals surface area contributed by atoms with E-state index in [4.69, 9.17) is 18.0 Å². The van der Waals surface area contributed by atoms with Gasteiger partial charge in [-0.3, -0.25) is 0 Å². The van der Waals surface area contributed by atoms with Crippen LogP contribution in [0, 0.1) is 13.8 Å². The quantitative estimate of drug-likeness (QED) is 0.437. The lowest BCUT2D eigenvalue weighted by Gasteiger charge is -2.33. The molecule has 4 nitrogen and oxygen atoms in total. The molecule has 0 saturated carbocycles. The van der Waals surface area contributed by atoms with Crippen molar-refractivity contribution in [3.8, 4) is 0 Å². The van der Waals surface area contributed by atoms with Gasteiger partial charge in [0.1, 0.15) is 0 Å². The summed E-state index contributed by atoms with van der Waals surface area (Å²) in [6.45, 7) is 6.02. The van der Waals surface area contributed by atoms with Gasteiger partial charge in [-0.05, 0) is 87.8 Å². The first-order chi connectivity index (χ1) is 14.3. The van der Waals surface area contributed by atoms with E-state index in [0.29, 0.717) is 0 Å². The smallest absolute Gasteiger partial charge is 0.180 e. The Morgan fingerprint density at radius 3 is 2.27 bits per heavy atom. The van der Waals surface area contributed by atoms with Crippen molar-refractivity contribution < 1.29 is 0 Å². The molecule has 158 valence electrons. The molecule has 0 atom stereocenters. The zero-order valence-electron chi connectivity index (χ0n) is 18.6. The Balaban J connectivity index is 2.01. The molecule has 30 heavy (non-hydrogen) atoms. The van der Waals surface area contributed by atoms with Crippen molar-refractivity contribution in [2.45, 2.75) is 20.3 Å². The molecular weight excluding hydrogens is 388 g/mol. The fourth-order valence-corrected chi connectivity index (χ4v) is 4.07. The molecule has 0 aliphatic rings. The number of fused-ring (bicyclic) bond motifs is 1. The van der Waals surface area contributed by atoms with Gasteiger partial charge in [0.15, 0.2) is 5.11 Å². The SMILES string of the molecule is Cc1c(N)ccc(N(C)C(=S)N(CCCN(C)C)c2cccc3ccccc23)c1C. The number of nitrogens with zero attached hydrogens (tertiary/aromatic N) is 3. The van der Waals surface area contributed by atoms with Crippen molar-refractivity contribution in [1.29, 1.82) is 0 Å². The van der Waals surface area contributed by atoms with Crippen molar-refractivity contribution in [3.05, 3.63) is 65.7 Å². The topological polar surface area (TPSA) is 35.7 Å². The second-order valence-corrected chi connectivity index (χ2v) is 8.44. The molecule has 0 heterocycles. The fourth-order valence-electron chi connectivity index (χ4n) is 3.78. The normalized spacial score (nSPS) is 11.1. The third-order valence-electron chi connectivity index (χ3n) is 5.72. The average molecular weight is 421 g/mol. The molecule has 0 aromatic heterocycles. The van der Waals surface area contributed by atoms with Gasteiger partial charge >= 0.3 is 0 Å². The van der Waals surface area contributed by atoms with E-state index < -0.39 is 0 Å². The molecule has 0 unspecified atom stereocenters. The fraction of sp³-hybridized carbons (Fsp3) is 0.320. The standard InChI is InChI=1S/C25H32N4S/c1-18-19(2)23(15-14-22(18)26)28(5)25(30)29(17-9-16-27(3)4)24-13-8-11-20-10-6-7-12-21(20)24/h6-8,10-15H,9,16-17,26H2,1-5H3. The molecule has 0 aliphatic heterocycles. The minimum absolute atomic E-state index is 0.789. The van der Waals surface area contributed by atoms with E-state index in [1.165, 1.54) is 10.8 Å². The first kappa shape index (κ1) is 22.1. The van der Waals surface area contributed by atoms with E-state index in [1.54, 1.807) is 0 Å². The molecular formula is C25H32N4S. The maximum atomic E-state index is 6.11. The first-order valence-electron chi connectivity index (χ1n) is 10.3. The van der Waals surface area contributed by atoms with Crippen LogP contribution in [0.3, 0.4) is 0 Å². The number of anilines is 3. The number of benzene rings is 3. The van der Waals surface area contributed by atoms with E-state index in [1.807, 2.05) is 13.1 Å². The van der Waals surface area contributed by atoms with Gasteiger partial charge in [-0.1, -0.05) is 36.4 Å². The number of nitrogen functional groups attached to an aromatic ring is 1. The van der Waals surface area contributed by atoms with E-state index in [-0.39, 0.29) is 0 Å². The van der Waals surface area contributed by atoms with Crippen LogP contribution in [0.5, 0.6) is 0 Å². The zero-order chi connectivity index (χ0) is 21.8. The number of thiocarbonyl (C=S) groups is 1. The molecule has 5 heteroatoms. The second-order valence-electron chi connectivity index (χ2n) is 8.07. The molecule has 3 aromatic rings. The highest BCUT2D eigenvalue weighted by Gasteiger charge is 2.20. The summed E-state index contributed by atoms with van der Waals surface area (Å²) in [6.07, 6.45) is 1.02. The third-order valence-corrected chi connectivity index (χ3v) is 6.22. The lowest BCUT2D eigenvalue weighted by atomic mass is 10.1. The third kappa shape index (κ3) is 4.58. The van der Waals surface area contributed by atoms with Crippen LogP contribution in [-0.4, -0.2) is 44.2 Å². The molecule has 0 fully saturated rings. The first-order valence-corrected chi connectivity index (χ1v) is 10.8. The highest BCUT2D eigenvalue weighted by molar-refractivity contribution is 7.80. The summed E-state index contributed by atoms with van der Waals surface area (Å²) in [4.78, 5) is 6.59. The molecule has 2 N–H and O–H groups in total. The lowest BCUT2D eigenvalue weighted by Crippen LogP contribution is -2.42. The van der Waals surface area contributed by atoms with Gasteiger partial charge in [0.05, 0.1) is 5.69 Å². The average Bonchev–Trinajstić information content (AvgIpc) is 2.74. The Bertz CT molecular complexity index is 1040. The predicted molar refractivity (Wildman–Crippen MR) is 136 cm³/mol. The molecule has 0 radical (unpaired) electrons. The summed E-state index contributed by atoms with van der Waals surface area (Å²) >= 11 is 6.05. The van der Waals surface area contributed by atoms with Crippen molar-refractivity contribution >= 4 is 45.2 Å². The van der Waals surface area contributed by atoms with Crippen LogP contribution in [0.25, 0.3) is 10.8 Å². The molecule has 0 saturated heterocycles. The largest absolute Gasteiger partial charge is 0.399 e. The lowest BCUT2D eigenvalue weighted by molar-refractivity contribution is 0.403. The van der Waals surface area contributed by atoms with Gasteiger partial charge in [0.2, 0.25) is 0 Å². The van der Waals surface area contributed by atoms with Crippen molar-refractivity contribution in [2.24, 2.45) is 0 Å². The van der Waals surface area contributed by atoms with Crippen molar-refractivity contribution in [1.82, 2.24) is 4.90 Å². The Morgan fingerprint density at radius 1 is 0.833 bits per heavy atom. The van der Waals surface area contributed by atoms with Gasteiger partial charge in [-0.15, -0.1) is 0 Å². The molecule has 0 amide bonds. The Hall–Kier alpha value is -2.63. The summed E-state index contributed by atoms with van der Waals surface area (Å²) < 4.78 is 0. The summed E-state index contributed by atoms with van der Waals surface area (Å²) in [5.74, 6) is 0. The van der Waals surface area contributed by atoms with Gasteiger partial charge in [-0.2, -0.15) is 0 Å². The van der Waals surface area contributed by atoms with Gasteiger partial charge in [-0.25, -0.2) is 0 Å². The number of nitrogens with two attached hydrogens (primary N) is 1. The Labute approximate surface area is 185 Å². The van der Waals surface area contributed by atoms with Crippen LogP contribution >= 0.6 is 12.2 Å². The van der Waals surface area contributed by atoms with Crippen LogP contribution in [-0.2, 0) is 0 Å². The number of hydrogen-bond acceptors (Lipinski definition) is 3. The maximum absolute atomic E-state index is 6.11. The molecule has 0 aliphatic carbocycles. The molecule has 3 rings (SSSR count). The van der Waals surface area contributed by atoms with Gasteiger partial charge < -0.3 is 20.4 Å². The number of rotatable bonds is 6. The van der Waals surface area contributed by atoms with Crippen molar-refractivity contribution in [3.63, 3.8) is 0 Å². The number of hydrogen-bond donors (Lipinski definition) is 1. The van der Waals surface area contributed by atoms with Gasteiger partial charge in [0, 0.05) is 30.4 Å². The van der Waals surface area contributed by atoms with E-state index in [9.17, 15) is 0 Å². The summed E-state index contributed by atoms with van der Waals surface area (Å²) in [7, 11) is 6.25. The van der Waals surface area contributed by atoms with Crippen LogP contribution in [0.2, 0.25) is 0 Å². The summed E-state index contributed by atoms with van der Waals surface area (Å²) in [6, 6.07) is 18.9. The van der Waals surface area contributed by atoms with E-state index in [0.717, 1.165) is 52.8 Å². The molecule has 3 aromatic carbocycles. The summed E-state index contributed by atoms with van der Waals surface area (Å²) in [5.41, 5.74) is 11.4. The second kappa shape index (κ2) is 9.45. The molecule has 0 spiro atoms. The monoisotopic (exact) mass is 420 g/mol. The van der Waals surface area contributed by atoms with Crippen LogP contribution in [0.4, 0.5) is 17.1 Å². The van der Waals surface area contributed by atoms with Crippen LogP contribution in [0.1, 0.15) is 17.5 Å². The summed E-state index contributed by atoms with van der Waals surface area (Å²) in [5, 5.41) is 3.22. The molecule has 0 bridgehead atoms. The maximum Gasteiger partial charge on any atom is 0.180 e. The Kier molecular flexibility index (Phi) is 6.95. The predicted octanol–water partition coefficient (Wildman–Crippen LogP) is 5.22.